The van der Waals surface area contributed by atoms with Gasteiger partial charge in [0.15, 0.2) is 23.2 Å². The number of aromatic amines is 1. The molecular weight excluding hydrogens is 523 g/mol. The van der Waals surface area contributed by atoms with Gasteiger partial charge in [0, 0.05) is 36.0 Å². The number of H-pyrrole nitrogens is 1. The van der Waals surface area contributed by atoms with Crippen molar-refractivity contribution < 1.29 is 23.4 Å². The first kappa shape index (κ1) is 27.6. The van der Waals surface area contributed by atoms with Crippen molar-refractivity contribution >= 4 is 23.2 Å². The summed E-state index contributed by atoms with van der Waals surface area (Å²) in [6.07, 6.45) is 1.46. The lowest BCUT2D eigenvalue weighted by atomic mass is 10.0. The van der Waals surface area contributed by atoms with Crippen LogP contribution in [0.25, 0.3) is 5.82 Å². The Hall–Kier alpha value is -5.40. The summed E-state index contributed by atoms with van der Waals surface area (Å²) < 4.78 is 32.7. The number of nitrogens with zero attached hydrogens (tertiary/aromatic N) is 3. The number of benzene rings is 2. The summed E-state index contributed by atoms with van der Waals surface area (Å²) in [5.74, 6) is -1.17. The van der Waals surface area contributed by atoms with Crippen molar-refractivity contribution in [1.29, 1.82) is 5.41 Å². The number of amidine groups is 1. The van der Waals surface area contributed by atoms with Gasteiger partial charge in [0.05, 0.1) is 12.8 Å². The SMILES string of the molecule is COc1cc(OCCOC(C)=O)c(F)c(C(Nc2ccc(C(=N)N)cc2)c2nn(-c3ncccc3N)c(=O)[nH]2)c1. The number of hydrogen-bond acceptors (Lipinski definition) is 10. The van der Waals surface area contributed by atoms with Crippen LogP contribution >= 0.6 is 0 Å². The van der Waals surface area contributed by atoms with Crippen LogP contribution in [0.15, 0.2) is 59.5 Å². The van der Waals surface area contributed by atoms with Crippen LogP contribution in [0.5, 0.6) is 11.5 Å². The molecular formula is C26H27FN8O5. The van der Waals surface area contributed by atoms with E-state index in [4.69, 9.17) is 31.1 Å². The van der Waals surface area contributed by atoms with E-state index in [2.05, 4.69) is 20.4 Å². The van der Waals surface area contributed by atoms with Crippen LogP contribution in [-0.4, -0.2) is 51.9 Å². The van der Waals surface area contributed by atoms with Gasteiger partial charge in [-0.25, -0.2) is 14.2 Å². The molecule has 0 spiro atoms. The molecule has 2 aromatic heterocycles. The number of carbonyl (C=O) groups is 1. The summed E-state index contributed by atoms with van der Waals surface area (Å²) in [6, 6.07) is 11.4. The third-order valence-corrected chi connectivity index (χ3v) is 5.67. The van der Waals surface area contributed by atoms with Gasteiger partial charge < -0.3 is 31.0 Å². The van der Waals surface area contributed by atoms with Crippen LogP contribution in [0.2, 0.25) is 0 Å². The molecule has 40 heavy (non-hydrogen) atoms. The number of esters is 1. The monoisotopic (exact) mass is 550 g/mol. The van der Waals surface area contributed by atoms with E-state index in [1.165, 1.54) is 32.4 Å². The molecule has 14 heteroatoms. The van der Waals surface area contributed by atoms with Crippen molar-refractivity contribution in [1.82, 2.24) is 19.7 Å². The van der Waals surface area contributed by atoms with E-state index in [-0.39, 0.29) is 53.4 Å². The average Bonchev–Trinajstić information content (AvgIpc) is 3.32. The number of halogens is 1. The van der Waals surface area contributed by atoms with E-state index < -0.39 is 23.5 Å². The van der Waals surface area contributed by atoms with E-state index in [1.54, 1.807) is 36.4 Å². The Morgan fingerprint density at radius 1 is 1.23 bits per heavy atom. The number of nitrogens with one attached hydrogen (secondary N) is 3. The number of carbonyl (C=O) groups excluding carboxylic acids is 1. The maximum absolute atomic E-state index is 15.9. The van der Waals surface area contributed by atoms with Crippen LogP contribution in [0.1, 0.15) is 29.9 Å². The molecule has 208 valence electrons. The van der Waals surface area contributed by atoms with Crippen LogP contribution in [0.4, 0.5) is 15.8 Å². The van der Waals surface area contributed by atoms with Gasteiger partial charge in [0.2, 0.25) is 0 Å². The van der Waals surface area contributed by atoms with Gasteiger partial charge in [-0.3, -0.25) is 15.2 Å². The smallest absolute Gasteiger partial charge is 0.349 e. The summed E-state index contributed by atoms with van der Waals surface area (Å²) in [6.45, 7) is 1.05. The number of pyridine rings is 1. The molecule has 0 amide bonds. The zero-order chi connectivity index (χ0) is 28.8. The minimum Gasteiger partial charge on any atom is -0.497 e. The number of methoxy groups -OCH3 is 1. The highest BCUT2D eigenvalue weighted by Gasteiger charge is 2.27. The number of nitrogen functional groups attached to an aromatic ring is 2. The molecule has 4 aromatic rings. The minimum atomic E-state index is -1.08. The van der Waals surface area contributed by atoms with Crippen molar-refractivity contribution in [3.05, 3.63) is 88.0 Å². The number of anilines is 2. The highest BCUT2D eigenvalue weighted by molar-refractivity contribution is 5.95. The van der Waals surface area contributed by atoms with Gasteiger partial charge in [-0.1, -0.05) is 0 Å². The second kappa shape index (κ2) is 12.0. The average molecular weight is 551 g/mol. The van der Waals surface area contributed by atoms with Gasteiger partial charge >= 0.3 is 11.7 Å². The van der Waals surface area contributed by atoms with Gasteiger partial charge in [-0.15, -0.1) is 5.10 Å². The molecule has 0 bridgehead atoms. The molecule has 1 atom stereocenters. The maximum atomic E-state index is 15.9. The lowest BCUT2D eigenvalue weighted by Gasteiger charge is -2.21. The van der Waals surface area contributed by atoms with E-state index in [0.717, 1.165) is 4.68 Å². The van der Waals surface area contributed by atoms with Crippen molar-refractivity contribution in [3.63, 3.8) is 0 Å². The number of ether oxygens (including phenoxy) is 3. The summed E-state index contributed by atoms with van der Waals surface area (Å²) in [5, 5.41) is 15.1. The van der Waals surface area contributed by atoms with E-state index >= 15 is 4.39 Å². The Morgan fingerprint density at radius 2 is 1.98 bits per heavy atom. The van der Waals surface area contributed by atoms with Crippen LogP contribution in [-0.2, 0) is 9.53 Å². The summed E-state index contributed by atoms with van der Waals surface area (Å²) >= 11 is 0. The highest BCUT2D eigenvalue weighted by Crippen LogP contribution is 2.35. The Bertz CT molecular complexity index is 1580. The minimum absolute atomic E-state index is 0.0207. The second-order valence-corrected chi connectivity index (χ2v) is 8.43. The van der Waals surface area contributed by atoms with Crippen LogP contribution < -0.4 is 31.9 Å². The van der Waals surface area contributed by atoms with Crippen LogP contribution in [0.3, 0.4) is 0 Å². The van der Waals surface area contributed by atoms with E-state index in [1.807, 2.05) is 0 Å². The van der Waals surface area contributed by atoms with Crippen molar-refractivity contribution in [2.75, 3.05) is 31.4 Å². The number of nitrogens with two attached hydrogens (primary N) is 2. The summed E-state index contributed by atoms with van der Waals surface area (Å²) in [7, 11) is 1.41. The molecule has 0 radical (unpaired) electrons. The van der Waals surface area contributed by atoms with Crippen molar-refractivity contribution in [3.8, 4) is 17.3 Å². The molecule has 0 aliphatic rings. The molecule has 0 aliphatic heterocycles. The van der Waals surface area contributed by atoms with Gasteiger partial charge in [-0.05, 0) is 42.5 Å². The van der Waals surface area contributed by atoms with E-state index in [0.29, 0.717) is 11.3 Å². The Balaban J connectivity index is 1.80. The molecule has 7 N–H and O–H groups in total. The topological polar surface area (TPSA) is 196 Å². The quantitative estimate of drug-likeness (QED) is 0.0798. The molecule has 0 fully saturated rings. The molecule has 4 rings (SSSR count). The van der Waals surface area contributed by atoms with Crippen molar-refractivity contribution in [2.45, 2.75) is 13.0 Å². The molecule has 13 nitrogen and oxygen atoms in total. The molecule has 1 unspecified atom stereocenters. The fourth-order valence-corrected chi connectivity index (χ4v) is 3.77. The molecule has 0 saturated carbocycles. The fraction of sp³-hybridized carbons (Fsp3) is 0.192. The summed E-state index contributed by atoms with van der Waals surface area (Å²) in [5.41, 5.74) is 12.1. The lowest BCUT2D eigenvalue weighted by Crippen LogP contribution is -2.18. The van der Waals surface area contributed by atoms with Gasteiger partial charge in [0.1, 0.15) is 30.8 Å². The third-order valence-electron chi connectivity index (χ3n) is 5.67. The highest BCUT2D eigenvalue weighted by atomic mass is 19.1. The standard InChI is InChI=1S/C26H27FN8O5/c1-14(36)39-10-11-40-20-13-17(38-2)12-18(21(20)27)22(32-16-7-5-15(6-8-16)23(29)30)24-33-26(37)35(34-24)25-19(28)4-3-9-31-25/h3-9,12-13,22,32H,10-11,28H2,1-2H3,(H3,29,30)(H,33,34,37). The number of hydrogen-bond donors (Lipinski definition) is 5. The fourth-order valence-electron chi connectivity index (χ4n) is 3.77. The third kappa shape index (κ3) is 6.18. The van der Waals surface area contributed by atoms with Gasteiger partial charge in [-0.2, -0.15) is 4.68 Å². The Kier molecular flexibility index (Phi) is 8.27. The first-order chi connectivity index (χ1) is 19.2. The predicted octanol–water partition coefficient (Wildman–Crippen LogP) is 2.11. The number of rotatable bonds is 11. The normalized spacial score (nSPS) is 11.5. The molecule has 0 aliphatic carbocycles. The zero-order valence-corrected chi connectivity index (χ0v) is 21.6. The first-order valence-corrected chi connectivity index (χ1v) is 11.9. The Labute approximate surface area is 227 Å². The summed E-state index contributed by atoms with van der Waals surface area (Å²) in [4.78, 5) is 30.7. The van der Waals surface area contributed by atoms with Crippen LogP contribution in [0, 0.1) is 11.2 Å². The Morgan fingerprint density at radius 3 is 2.62 bits per heavy atom. The largest absolute Gasteiger partial charge is 0.497 e. The molecule has 2 aromatic carbocycles. The lowest BCUT2D eigenvalue weighted by molar-refractivity contribution is -0.141. The number of aromatic nitrogens is 4. The first-order valence-electron chi connectivity index (χ1n) is 11.9. The maximum Gasteiger partial charge on any atom is 0.349 e. The van der Waals surface area contributed by atoms with E-state index in [9.17, 15) is 9.59 Å². The second-order valence-electron chi connectivity index (χ2n) is 8.43. The zero-order valence-electron chi connectivity index (χ0n) is 21.6. The van der Waals surface area contributed by atoms with Crippen molar-refractivity contribution in [2.24, 2.45) is 5.73 Å². The predicted molar refractivity (Wildman–Crippen MR) is 144 cm³/mol. The molecule has 2 heterocycles. The van der Waals surface area contributed by atoms with Gasteiger partial charge in [0.25, 0.3) is 0 Å². The molecule has 0 saturated heterocycles.